The number of hydrogen-bond donors (Lipinski definition) is 2. The predicted molar refractivity (Wildman–Crippen MR) is 120 cm³/mol. The van der Waals surface area contributed by atoms with Crippen LogP contribution < -0.4 is 20.1 Å². The van der Waals surface area contributed by atoms with Crippen molar-refractivity contribution in [2.75, 3.05) is 30.6 Å². The van der Waals surface area contributed by atoms with Gasteiger partial charge in [-0.05, 0) is 72.8 Å². The third kappa shape index (κ3) is 6.02. The van der Waals surface area contributed by atoms with E-state index in [0.29, 0.717) is 17.0 Å². The summed E-state index contributed by atoms with van der Waals surface area (Å²) >= 11 is 1.42. The number of carbonyl (C=O) groups is 2. The minimum Gasteiger partial charge on any atom is -0.497 e. The van der Waals surface area contributed by atoms with Crippen LogP contribution in [0.2, 0.25) is 0 Å². The predicted octanol–water partition coefficient (Wildman–Crippen LogP) is 4.69. The zero-order valence-corrected chi connectivity index (χ0v) is 17.5. The van der Waals surface area contributed by atoms with Gasteiger partial charge in [0.25, 0.3) is 5.91 Å². The molecule has 0 unspecified atom stereocenters. The number of amides is 2. The van der Waals surface area contributed by atoms with Crippen molar-refractivity contribution in [2.45, 2.75) is 4.90 Å². The lowest BCUT2D eigenvalue weighted by Crippen LogP contribution is -2.14. The maximum Gasteiger partial charge on any atom is 0.255 e. The van der Waals surface area contributed by atoms with Crippen molar-refractivity contribution in [2.24, 2.45) is 0 Å². The smallest absolute Gasteiger partial charge is 0.255 e. The summed E-state index contributed by atoms with van der Waals surface area (Å²) in [6.07, 6.45) is 0. The molecule has 0 aliphatic heterocycles. The summed E-state index contributed by atoms with van der Waals surface area (Å²) < 4.78 is 10.2. The Hall–Kier alpha value is -3.45. The molecule has 0 aliphatic rings. The van der Waals surface area contributed by atoms with Crippen molar-refractivity contribution >= 4 is 35.0 Å². The zero-order valence-electron chi connectivity index (χ0n) is 16.7. The molecule has 0 fully saturated rings. The average molecular weight is 423 g/mol. The molecule has 2 N–H and O–H groups in total. The van der Waals surface area contributed by atoms with E-state index in [1.165, 1.54) is 11.8 Å². The van der Waals surface area contributed by atoms with Gasteiger partial charge in [0.15, 0.2) is 0 Å². The molecule has 0 atom stereocenters. The first-order valence-electron chi connectivity index (χ1n) is 9.19. The summed E-state index contributed by atoms with van der Waals surface area (Å²) in [5.74, 6) is 1.42. The average Bonchev–Trinajstić information content (AvgIpc) is 2.79. The highest BCUT2D eigenvalue weighted by atomic mass is 32.2. The van der Waals surface area contributed by atoms with Crippen molar-refractivity contribution in [1.29, 1.82) is 0 Å². The number of hydrogen-bond acceptors (Lipinski definition) is 5. The lowest BCUT2D eigenvalue weighted by molar-refractivity contribution is -0.113. The molecule has 30 heavy (non-hydrogen) atoms. The number of carbonyl (C=O) groups excluding carboxylic acids is 2. The third-order valence-electron chi connectivity index (χ3n) is 4.21. The molecule has 0 radical (unpaired) electrons. The Morgan fingerprint density at radius 1 is 0.733 bits per heavy atom. The summed E-state index contributed by atoms with van der Waals surface area (Å²) in [5.41, 5.74) is 1.95. The van der Waals surface area contributed by atoms with Gasteiger partial charge in [0.05, 0.1) is 20.0 Å². The number of ether oxygens (including phenoxy) is 2. The van der Waals surface area contributed by atoms with Gasteiger partial charge in [-0.3, -0.25) is 9.59 Å². The van der Waals surface area contributed by atoms with Gasteiger partial charge in [-0.15, -0.1) is 11.8 Å². The van der Waals surface area contributed by atoms with Gasteiger partial charge in [-0.1, -0.05) is 0 Å². The van der Waals surface area contributed by atoms with Gasteiger partial charge in [-0.2, -0.15) is 0 Å². The molecule has 2 amide bonds. The number of anilines is 2. The molecule has 0 aromatic heterocycles. The second kappa shape index (κ2) is 10.4. The Kier molecular flexibility index (Phi) is 7.34. The first-order valence-corrected chi connectivity index (χ1v) is 10.2. The Bertz CT molecular complexity index is 987. The second-order valence-electron chi connectivity index (χ2n) is 6.27. The maximum absolute atomic E-state index is 12.3. The molecule has 0 saturated carbocycles. The third-order valence-corrected chi connectivity index (χ3v) is 5.22. The van der Waals surface area contributed by atoms with E-state index in [9.17, 15) is 9.59 Å². The van der Waals surface area contributed by atoms with Gasteiger partial charge in [0.1, 0.15) is 11.5 Å². The topological polar surface area (TPSA) is 76.7 Å². The molecule has 154 valence electrons. The second-order valence-corrected chi connectivity index (χ2v) is 7.32. The number of methoxy groups -OCH3 is 2. The van der Waals surface area contributed by atoms with E-state index in [1.54, 1.807) is 62.8 Å². The summed E-state index contributed by atoms with van der Waals surface area (Å²) in [5, 5.41) is 5.70. The standard InChI is InChI=1S/C23H22N2O4S/c1-28-19-9-3-16(4-10-19)23(27)25-18-7-13-21(14-8-18)30-15-22(26)24-17-5-11-20(29-2)12-6-17/h3-14H,15H2,1-2H3,(H,24,26)(H,25,27). The van der Waals surface area contributed by atoms with Crippen LogP contribution in [0, 0.1) is 0 Å². The number of thioether (sulfide) groups is 1. The first kappa shape index (κ1) is 21.3. The number of nitrogens with one attached hydrogen (secondary N) is 2. The number of benzene rings is 3. The lowest BCUT2D eigenvalue weighted by atomic mass is 10.2. The van der Waals surface area contributed by atoms with Crippen molar-refractivity contribution in [3.63, 3.8) is 0 Å². The van der Waals surface area contributed by atoms with Crippen LogP contribution in [0.4, 0.5) is 11.4 Å². The van der Waals surface area contributed by atoms with E-state index in [-0.39, 0.29) is 17.6 Å². The minimum absolute atomic E-state index is 0.0953. The van der Waals surface area contributed by atoms with Crippen LogP contribution in [0.1, 0.15) is 10.4 Å². The van der Waals surface area contributed by atoms with E-state index in [4.69, 9.17) is 9.47 Å². The van der Waals surface area contributed by atoms with Gasteiger partial charge in [0, 0.05) is 21.8 Å². The molecular formula is C23H22N2O4S. The van der Waals surface area contributed by atoms with E-state index >= 15 is 0 Å². The Morgan fingerprint density at radius 2 is 1.23 bits per heavy atom. The molecule has 3 aromatic carbocycles. The van der Waals surface area contributed by atoms with E-state index in [2.05, 4.69) is 10.6 Å². The highest BCUT2D eigenvalue weighted by molar-refractivity contribution is 8.00. The van der Waals surface area contributed by atoms with Crippen LogP contribution in [-0.2, 0) is 4.79 Å². The van der Waals surface area contributed by atoms with Gasteiger partial charge in [0.2, 0.25) is 5.91 Å². The molecule has 7 heteroatoms. The molecule has 0 saturated heterocycles. The van der Waals surface area contributed by atoms with E-state index in [0.717, 1.165) is 16.3 Å². The fourth-order valence-electron chi connectivity index (χ4n) is 2.60. The number of rotatable bonds is 8. The minimum atomic E-state index is -0.197. The SMILES string of the molecule is COc1ccc(NC(=O)CSc2ccc(NC(=O)c3ccc(OC)cc3)cc2)cc1. The van der Waals surface area contributed by atoms with Gasteiger partial charge in [-0.25, -0.2) is 0 Å². The molecule has 0 spiro atoms. The van der Waals surface area contributed by atoms with Crippen LogP contribution in [0.5, 0.6) is 11.5 Å². The fraction of sp³-hybridized carbons (Fsp3) is 0.130. The van der Waals surface area contributed by atoms with Crippen LogP contribution >= 0.6 is 11.8 Å². The van der Waals surface area contributed by atoms with Crippen LogP contribution in [0.3, 0.4) is 0 Å². The van der Waals surface area contributed by atoms with Crippen LogP contribution in [0.15, 0.2) is 77.7 Å². The lowest BCUT2D eigenvalue weighted by Gasteiger charge is -2.08. The van der Waals surface area contributed by atoms with E-state index < -0.39 is 0 Å². The summed E-state index contributed by atoms with van der Waals surface area (Å²) in [4.78, 5) is 25.4. The van der Waals surface area contributed by atoms with Crippen LogP contribution in [-0.4, -0.2) is 31.8 Å². The molecular weight excluding hydrogens is 400 g/mol. The molecule has 0 bridgehead atoms. The van der Waals surface area contributed by atoms with Gasteiger partial charge >= 0.3 is 0 Å². The summed E-state index contributed by atoms with van der Waals surface area (Å²) in [6, 6.07) is 21.4. The Balaban J connectivity index is 1.48. The van der Waals surface area contributed by atoms with E-state index in [1.807, 2.05) is 24.3 Å². The molecule has 3 rings (SSSR count). The summed E-state index contributed by atoms with van der Waals surface area (Å²) in [7, 11) is 3.18. The largest absolute Gasteiger partial charge is 0.497 e. The quantitative estimate of drug-likeness (QED) is 0.515. The van der Waals surface area contributed by atoms with Crippen molar-refractivity contribution in [3.05, 3.63) is 78.4 Å². The van der Waals surface area contributed by atoms with Crippen molar-refractivity contribution in [1.82, 2.24) is 0 Å². The fourth-order valence-corrected chi connectivity index (χ4v) is 3.30. The molecule has 0 heterocycles. The Labute approximate surface area is 179 Å². The van der Waals surface area contributed by atoms with Crippen molar-refractivity contribution in [3.8, 4) is 11.5 Å². The maximum atomic E-state index is 12.3. The van der Waals surface area contributed by atoms with Gasteiger partial charge < -0.3 is 20.1 Å². The first-order chi connectivity index (χ1) is 14.6. The zero-order chi connectivity index (χ0) is 21.3. The van der Waals surface area contributed by atoms with Crippen LogP contribution in [0.25, 0.3) is 0 Å². The Morgan fingerprint density at radius 3 is 1.80 bits per heavy atom. The highest BCUT2D eigenvalue weighted by Gasteiger charge is 2.07. The highest BCUT2D eigenvalue weighted by Crippen LogP contribution is 2.22. The normalized spacial score (nSPS) is 10.2. The molecule has 0 aliphatic carbocycles. The summed E-state index contributed by atoms with van der Waals surface area (Å²) in [6.45, 7) is 0. The monoisotopic (exact) mass is 422 g/mol. The van der Waals surface area contributed by atoms with Crippen molar-refractivity contribution < 1.29 is 19.1 Å². The molecule has 6 nitrogen and oxygen atoms in total. The molecule has 3 aromatic rings.